The van der Waals surface area contributed by atoms with Crippen LogP contribution in [0.3, 0.4) is 0 Å². The zero-order valence-electron chi connectivity index (χ0n) is 10.4. The Bertz CT molecular complexity index is 494. The Labute approximate surface area is 107 Å². The Morgan fingerprint density at radius 1 is 1.06 bits per heavy atom. The summed E-state index contributed by atoms with van der Waals surface area (Å²) in [6.07, 6.45) is 0. The topological polar surface area (TPSA) is 41.5 Å². The van der Waals surface area contributed by atoms with Crippen LogP contribution in [-0.4, -0.2) is 11.7 Å². The first kappa shape index (κ1) is 12.3. The van der Waals surface area contributed by atoms with Gasteiger partial charge in [-0.05, 0) is 37.3 Å². The van der Waals surface area contributed by atoms with Crippen LogP contribution < -0.4 is 10.1 Å². The van der Waals surface area contributed by atoms with Gasteiger partial charge in [-0.3, -0.25) is 0 Å². The van der Waals surface area contributed by atoms with Gasteiger partial charge in [0.05, 0.1) is 6.61 Å². The number of ether oxygens (including phenoxy) is 1. The van der Waals surface area contributed by atoms with Crippen molar-refractivity contribution >= 4 is 5.69 Å². The van der Waals surface area contributed by atoms with Crippen molar-refractivity contribution in [3.63, 3.8) is 0 Å². The fraction of sp³-hybridized carbons (Fsp3) is 0.200. The van der Waals surface area contributed by atoms with Crippen LogP contribution in [0.15, 0.2) is 48.5 Å². The molecule has 0 unspecified atom stereocenters. The van der Waals surface area contributed by atoms with E-state index in [0.29, 0.717) is 18.9 Å². The standard InChI is InChI=1S/C15H17NO2/c1-2-18-14-9-7-13(8-10-14)16-11-12-5-3-4-6-15(12)17/h3-10,16-17H,2,11H2,1H3. The van der Waals surface area contributed by atoms with Gasteiger partial charge in [0.1, 0.15) is 11.5 Å². The average Bonchev–Trinajstić information content (AvgIpc) is 2.40. The van der Waals surface area contributed by atoms with E-state index in [1.807, 2.05) is 49.4 Å². The van der Waals surface area contributed by atoms with Crippen LogP contribution in [0.4, 0.5) is 5.69 Å². The summed E-state index contributed by atoms with van der Waals surface area (Å²) in [5.74, 6) is 1.18. The summed E-state index contributed by atoms with van der Waals surface area (Å²) in [7, 11) is 0. The zero-order valence-corrected chi connectivity index (χ0v) is 10.4. The van der Waals surface area contributed by atoms with E-state index in [2.05, 4.69) is 5.32 Å². The number of aromatic hydroxyl groups is 1. The number of rotatable bonds is 5. The first-order valence-corrected chi connectivity index (χ1v) is 6.03. The van der Waals surface area contributed by atoms with E-state index in [1.165, 1.54) is 0 Å². The monoisotopic (exact) mass is 243 g/mol. The minimum absolute atomic E-state index is 0.316. The SMILES string of the molecule is CCOc1ccc(NCc2ccccc2O)cc1. The zero-order chi connectivity index (χ0) is 12.8. The van der Waals surface area contributed by atoms with Crippen molar-refractivity contribution in [2.45, 2.75) is 13.5 Å². The fourth-order valence-corrected chi connectivity index (χ4v) is 1.69. The number of anilines is 1. The van der Waals surface area contributed by atoms with Gasteiger partial charge >= 0.3 is 0 Å². The van der Waals surface area contributed by atoms with Crippen LogP contribution in [0, 0.1) is 0 Å². The van der Waals surface area contributed by atoms with Gasteiger partial charge in [0, 0.05) is 17.8 Å². The maximum Gasteiger partial charge on any atom is 0.120 e. The molecule has 94 valence electrons. The number of phenols is 1. The molecule has 0 saturated heterocycles. The van der Waals surface area contributed by atoms with E-state index in [0.717, 1.165) is 17.0 Å². The lowest BCUT2D eigenvalue weighted by Gasteiger charge is -2.09. The van der Waals surface area contributed by atoms with Gasteiger partial charge in [0.15, 0.2) is 0 Å². The molecule has 2 N–H and O–H groups in total. The van der Waals surface area contributed by atoms with Gasteiger partial charge in [-0.1, -0.05) is 18.2 Å². The quantitative estimate of drug-likeness (QED) is 0.845. The molecular formula is C15H17NO2. The fourth-order valence-electron chi connectivity index (χ4n) is 1.69. The molecule has 2 rings (SSSR count). The van der Waals surface area contributed by atoms with Crippen molar-refractivity contribution in [2.75, 3.05) is 11.9 Å². The molecule has 0 amide bonds. The maximum atomic E-state index is 9.64. The molecule has 0 heterocycles. The molecule has 0 aromatic heterocycles. The highest BCUT2D eigenvalue weighted by Gasteiger charge is 1.99. The van der Waals surface area contributed by atoms with E-state index >= 15 is 0 Å². The third-order valence-corrected chi connectivity index (χ3v) is 2.64. The van der Waals surface area contributed by atoms with Gasteiger partial charge < -0.3 is 15.2 Å². The summed E-state index contributed by atoms with van der Waals surface area (Å²) in [5.41, 5.74) is 1.88. The van der Waals surface area contributed by atoms with E-state index in [-0.39, 0.29) is 0 Å². The van der Waals surface area contributed by atoms with Crippen molar-refractivity contribution in [2.24, 2.45) is 0 Å². The van der Waals surface area contributed by atoms with E-state index in [4.69, 9.17) is 4.74 Å². The molecule has 0 bridgehead atoms. The molecule has 0 fully saturated rings. The largest absolute Gasteiger partial charge is 0.508 e. The smallest absolute Gasteiger partial charge is 0.120 e. The highest BCUT2D eigenvalue weighted by atomic mass is 16.5. The van der Waals surface area contributed by atoms with Gasteiger partial charge in [0.25, 0.3) is 0 Å². The van der Waals surface area contributed by atoms with Gasteiger partial charge in [-0.25, -0.2) is 0 Å². The molecule has 0 atom stereocenters. The molecular weight excluding hydrogens is 226 g/mol. The maximum absolute atomic E-state index is 9.64. The molecule has 2 aromatic rings. The Hall–Kier alpha value is -2.16. The lowest BCUT2D eigenvalue weighted by atomic mass is 10.2. The van der Waals surface area contributed by atoms with Gasteiger partial charge in [-0.15, -0.1) is 0 Å². The van der Waals surface area contributed by atoms with Crippen LogP contribution in [0.5, 0.6) is 11.5 Å². The molecule has 18 heavy (non-hydrogen) atoms. The first-order chi connectivity index (χ1) is 8.79. The van der Waals surface area contributed by atoms with E-state index < -0.39 is 0 Å². The Kier molecular flexibility index (Phi) is 4.07. The molecule has 3 nitrogen and oxygen atoms in total. The van der Waals surface area contributed by atoms with E-state index in [1.54, 1.807) is 6.07 Å². The number of hydrogen-bond acceptors (Lipinski definition) is 3. The van der Waals surface area contributed by atoms with Crippen LogP contribution in [-0.2, 0) is 6.54 Å². The van der Waals surface area contributed by atoms with Crippen LogP contribution >= 0.6 is 0 Å². The number of phenolic OH excluding ortho intramolecular Hbond substituents is 1. The minimum atomic E-state index is 0.316. The predicted octanol–water partition coefficient (Wildman–Crippen LogP) is 3.40. The number of para-hydroxylation sites is 1. The summed E-state index contributed by atoms with van der Waals surface area (Å²) >= 11 is 0. The highest BCUT2D eigenvalue weighted by Crippen LogP contribution is 2.19. The minimum Gasteiger partial charge on any atom is -0.508 e. The number of benzene rings is 2. The van der Waals surface area contributed by atoms with Gasteiger partial charge in [-0.2, -0.15) is 0 Å². The Balaban J connectivity index is 1.96. The van der Waals surface area contributed by atoms with Gasteiger partial charge in [0.2, 0.25) is 0 Å². The van der Waals surface area contributed by atoms with Crippen molar-refractivity contribution < 1.29 is 9.84 Å². The molecule has 0 aliphatic carbocycles. The highest BCUT2D eigenvalue weighted by molar-refractivity contribution is 5.47. The second kappa shape index (κ2) is 5.96. The molecule has 0 radical (unpaired) electrons. The van der Waals surface area contributed by atoms with Crippen LogP contribution in [0.25, 0.3) is 0 Å². The third-order valence-electron chi connectivity index (χ3n) is 2.64. The summed E-state index contributed by atoms with van der Waals surface area (Å²) in [5, 5.41) is 12.9. The molecule has 0 saturated carbocycles. The second-order valence-electron chi connectivity index (χ2n) is 3.94. The lowest BCUT2D eigenvalue weighted by Crippen LogP contribution is -1.99. The lowest BCUT2D eigenvalue weighted by molar-refractivity contribution is 0.340. The molecule has 3 heteroatoms. The second-order valence-corrected chi connectivity index (χ2v) is 3.94. The molecule has 0 spiro atoms. The number of hydrogen-bond donors (Lipinski definition) is 2. The van der Waals surface area contributed by atoms with Crippen molar-refractivity contribution in [1.29, 1.82) is 0 Å². The predicted molar refractivity (Wildman–Crippen MR) is 73.0 cm³/mol. The first-order valence-electron chi connectivity index (χ1n) is 6.03. The van der Waals surface area contributed by atoms with Crippen molar-refractivity contribution in [3.8, 4) is 11.5 Å². The molecule has 0 aliphatic heterocycles. The normalized spacial score (nSPS) is 10.1. The Morgan fingerprint density at radius 2 is 1.78 bits per heavy atom. The van der Waals surface area contributed by atoms with Crippen LogP contribution in [0.2, 0.25) is 0 Å². The number of nitrogens with one attached hydrogen (secondary N) is 1. The Morgan fingerprint density at radius 3 is 2.44 bits per heavy atom. The van der Waals surface area contributed by atoms with Crippen molar-refractivity contribution in [3.05, 3.63) is 54.1 Å². The average molecular weight is 243 g/mol. The summed E-state index contributed by atoms with van der Waals surface area (Å²) in [6.45, 7) is 3.23. The molecule has 2 aromatic carbocycles. The molecule has 0 aliphatic rings. The third kappa shape index (κ3) is 3.17. The van der Waals surface area contributed by atoms with Crippen molar-refractivity contribution in [1.82, 2.24) is 0 Å². The van der Waals surface area contributed by atoms with E-state index in [9.17, 15) is 5.11 Å². The van der Waals surface area contributed by atoms with Crippen LogP contribution in [0.1, 0.15) is 12.5 Å². The summed E-state index contributed by atoms with van der Waals surface area (Å²) in [6, 6.07) is 15.1. The summed E-state index contributed by atoms with van der Waals surface area (Å²) < 4.78 is 5.37. The summed E-state index contributed by atoms with van der Waals surface area (Å²) in [4.78, 5) is 0.